The Balaban J connectivity index is 3.82. The number of hydrogen-bond donors (Lipinski definition) is 3. The monoisotopic (exact) mass is 175 g/mol. The van der Waals surface area contributed by atoms with E-state index in [1.165, 1.54) is 0 Å². The van der Waals surface area contributed by atoms with E-state index in [1.54, 1.807) is 0 Å². The molecule has 0 fully saturated rings. The molecule has 0 unspecified atom stereocenters. The van der Waals surface area contributed by atoms with E-state index in [9.17, 15) is 0 Å². The van der Waals surface area contributed by atoms with Crippen molar-refractivity contribution in [1.29, 1.82) is 0 Å². The van der Waals surface area contributed by atoms with E-state index in [0.717, 1.165) is 0 Å². The summed E-state index contributed by atoms with van der Waals surface area (Å²) in [6, 6.07) is 0. The summed E-state index contributed by atoms with van der Waals surface area (Å²) >= 11 is 0. The van der Waals surface area contributed by atoms with Crippen LogP contribution < -0.4 is 5.32 Å². The fourth-order valence-corrected chi connectivity index (χ4v) is 0.590. The highest BCUT2D eigenvalue weighted by molar-refractivity contribution is 4.80. The van der Waals surface area contributed by atoms with Crippen LogP contribution in [-0.4, -0.2) is 35.5 Å². The molecular formula is C9H21NO2. The second kappa shape index (κ2) is 4.21. The van der Waals surface area contributed by atoms with Gasteiger partial charge in [-0.2, -0.15) is 0 Å². The van der Waals surface area contributed by atoms with Crippen LogP contribution in [0.3, 0.4) is 0 Å². The van der Waals surface area contributed by atoms with Crippen LogP contribution in [0.5, 0.6) is 0 Å². The van der Waals surface area contributed by atoms with Gasteiger partial charge in [-0.25, -0.2) is 0 Å². The van der Waals surface area contributed by atoms with Crippen molar-refractivity contribution < 1.29 is 10.2 Å². The second-order valence-corrected chi connectivity index (χ2v) is 4.72. The molecule has 0 spiro atoms. The maximum Gasteiger partial charge on any atom is 0.0607 e. The largest absolute Gasteiger partial charge is 0.396 e. The molecule has 74 valence electrons. The molecule has 3 N–H and O–H groups in total. The molecule has 0 saturated heterocycles. The molecule has 0 saturated carbocycles. The number of aliphatic hydroxyl groups excluding tert-OH is 2. The van der Waals surface area contributed by atoms with Crippen LogP contribution in [0.25, 0.3) is 0 Å². The van der Waals surface area contributed by atoms with Gasteiger partial charge < -0.3 is 15.5 Å². The van der Waals surface area contributed by atoms with Crippen LogP contribution >= 0.6 is 0 Å². The molecule has 0 heterocycles. The summed E-state index contributed by atoms with van der Waals surface area (Å²) < 4.78 is 0. The lowest BCUT2D eigenvalue weighted by Gasteiger charge is -2.30. The van der Waals surface area contributed by atoms with Crippen LogP contribution in [0.1, 0.15) is 27.7 Å². The minimum Gasteiger partial charge on any atom is -0.396 e. The zero-order valence-corrected chi connectivity index (χ0v) is 8.52. The van der Waals surface area contributed by atoms with Crippen LogP contribution in [0.2, 0.25) is 0 Å². The number of aliphatic hydroxyl groups is 2. The molecule has 3 nitrogen and oxygen atoms in total. The van der Waals surface area contributed by atoms with Gasteiger partial charge in [0.1, 0.15) is 0 Å². The molecular weight excluding hydrogens is 154 g/mol. The van der Waals surface area contributed by atoms with Gasteiger partial charge in [-0.05, 0) is 13.8 Å². The van der Waals surface area contributed by atoms with Crippen molar-refractivity contribution >= 4 is 0 Å². The maximum atomic E-state index is 8.96. The second-order valence-electron chi connectivity index (χ2n) is 4.72. The molecule has 0 aliphatic carbocycles. The molecule has 3 heteroatoms. The lowest BCUT2D eigenvalue weighted by atomic mass is 9.93. The molecule has 0 rings (SSSR count). The van der Waals surface area contributed by atoms with Crippen LogP contribution in [0.15, 0.2) is 0 Å². The quantitative estimate of drug-likeness (QED) is 0.565. The summed E-state index contributed by atoms with van der Waals surface area (Å²) in [4.78, 5) is 0. The SMILES string of the molecule is CC(C)(CO)CNC(C)(C)CO. The summed E-state index contributed by atoms with van der Waals surface area (Å²) in [7, 11) is 0. The fourth-order valence-electron chi connectivity index (χ4n) is 0.590. The van der Waals surface area contributed by atoms with E-state index >= 15 is 0 Å². The summed E-state index contributed by atoms with van der Waals surface area (Å²) in [6.07, 6.45) is 0. The summed E-state index contributed by atoms with van der Waals surface area (Å²) in [5.41, 5.74) is -0.376. The summed E-state index contributed by atoms with van der Waals surface area (Å²) in [5, 5.41) is 21.1. The third-order valence-electron chi connectivity index (χ3n) is 1.87. The highest BCUT2D eigenvalue weighted by Gasteiger charge is 2.21. The van der Waals surface area contributed by atoms with Crippen LogP contribution in [0.4, 0.5) is 0 Å². The first-order chi connectivity index (χ1) is 5.33. The van der Waals surface area contributed by atoms with Crippen molar-refractivity contribution in [1.82, 2.24) is 5.32 Å². The Bertz CT molecular complexity index is 116. The minimum atomic E-state index is -0.257. The van der Waals surface area contributed by atoms with Crippen molar-refractivity contribution in [2.75, 3.05) is 19.8 Å². The molecule has 0 aromatic rings. The molecule has 0 atom stereocenters. The van der Waals surface area contributed by atoms with Gasteiger partial charge in [0.15, 0.2) is 0 Å². The highest BCUT2D eigenvalue weighted by Crippen LogP contribution is 2.13. The fraction of sp³-hybridized carbons (Fsp3) is 1.00. The smallest absolute Gasteiger partial charge is 0.0607 e. The van der Waals surface area contributed by atoms with Gasteiger partial charge >= 0.3 is 0 Å². The third kappa shape index (κ3) is 4.70. The predicted molar refractivity (Wildman–Crippen MR) is 50.0 cm³/mol. The molecule has 0 bridgehead atoms. The average Bonchev–Trinajstić information content (AvgIpc) is 2.02. The Morgan fingerprint density at radius 1 is 1.00 bits per heavy atom. The van der Waals surface area contributed by atoms with Crippen molar-refractivity contribution in [2.24, 2.45) is 5.41 Å². The van der Waals surface area contributed by atoms with Gasteiger partial charge in [0, 0.05) is 24.1 Å². The Morgan fingerprint density at radius 3 is 1.83 bits per heavy atom. The van der Waals surface area contributed by atoms with Crippen LogP contribution in [0, 0.1) is 5.41 Å². The van der Waals surface area contributed by atoms with Crippen LogP contribution in [-0.2, 0) is 0 Å². The Hall–Kier alpha value is -0.120. The molecule has 0 aromatic carbocycles. The average molecular weight is 175 g/mol. The molecule has 12 heavy (non-hydrogen) atoms. The normalized spacial score (nSPS) is 13.5. The zero-order valence-electron chi connectivity index (χ0n) is 8.52. The first-order valence-electron chi connectivity index (χ1n) is 4.30. The zero-order chi connectivity index (χ0) is 9.83. The van der Waals surface area contributed by atoms with Crippen molar-refractivity contribution in [3.8, 4) is 0 Å². The van der Waals surface area contributed by atoms with E-state index in [0.29, 0.717) is 6.54 Å². The Kier molecular flexibility index (Phi) is 4.17. The van der Waals surface area contributed by atoms with Gasteiger partial charge in [0.2, 0.25) is 0 Å². The number of nitrogens with one attached hydrogen (secondary N) is 1. The molecule has 0 aliphatic rings. The van der Waals surface area contributed by atoms with E-state index in [-0.39, 0.29) is 24.2 Å². The minimum absolute atomic E-state index is 0.106. The third-order valence-corrected chi connectivity index (χ3v) is 1.87. The predicted octanol–water partition coefficient (Wildman–Crippen LogP) is 0.365. The van der Waals surface area contributed by atoms with Gasteiger partial charge in [0.25, 0.3) is 0 Å². The van der Waals surface area contributed by atoms with E-state index in [1.807, 2.05) is 27.7 Å². The van der Waals surface area contributed by atoms with E-state index < -0.39 is 0 Å². The first kappa shape index (κ1) is 11.9. The van der Waals surface area contributed by atoms with Crippen molar-refractivity contribution in [2.45, 2.75) is 33.2 Å². The lowest BCUT2D eigenvalue weighted by Crippen LogP contribution is -2.47. The maximum absolute atomic E-state index is 8.96. The Labute approximate surface area is 74.8 Å². The number of rotatable bonds is 5. The Morgan fingerprint density at radius 2 is 1.50 bits per heavy atom. The van der Waals surface area contributed by atoms with Gasteiger partial charge in [-0.1, -0.05) is 13.8 Å². The van der Waals surface area contributed by atoms with Crippen molar-refractivity contribution in [3.63, 3.8) is 0 Å². The van der Waals surface area contributed by atoms with Gasteiger partial charge in [0.05, 0.1) is 6.61 Å². The van der Waals surface area contributed by atoms with Crippen molar-refractivity contribution in [3.05, 3.63) is 0 Å². The summed E-state index contributed by atoms with van der Waals surface area (Å²) in [5.74, 6) is 0. The molecule has 0 radical (unpaired) electrons. The topological polar surface area (TPSA) is 52.5 Å². The van der Waals surface area contributed by atoms with E-state index in [4.69, 9.17) is 10.2 Å². The molecule has 0 aromatic heterocycles. The highest BCUT2D eigenvalue weighted by atomic mass is 16.3. The lowest BCUT2D eigenvalue weighted by molar-refractivity contribution is 0.127. The van der Waals surface area contributed by atoms with Gasteiger partial charge in [-0.15, -0.1) is 0 Å². The molecule has 0 amide bonds. The summed E-state index contributed by atoms with van der Waals surface area (Å²) in [6.45, 7) is 8.79. The van der Waals surface area contributed by atoms with E-state index in [2.05, 4.69) is 5.32 Å². The standard InChI is InChI=1S/C9H21NO2/c1-8(2,6-11)5-10-9(3,4)7-12/h10-12H,5-7H2,1-4H3. The van der Waals surface area contributed by atoms with Gasteiger partial charge in [-0.3, -0.25) is 0 Å². The first-order valence-corrected chi connectivity index (χ1v) is 4.30. The number of hydrogen-bond acceptors (Lipinski definition) is 3. The molecule has 0 aliphatic heterocycles.